The lowest BCUT2D eigenvalue weighted by molar-refractivity contribution is -0.140. The minimum Gasteiger partial charge on any atom is -0.507 e. The van der Waals surface area contributed by atoms with E-state index in [-0.39, 0.29) is 30.0 Å². The van der Waals surface area contributed by atoms with Crippen molar-refractivity contribution >= 4 is 29.1 Å². The first-order valence-electron chi connectivity index (χ1n) is 8.51. The Labute approximate surface area is 167 Å². The van der Waals surface area contributed by atoms with Crippen LogP contribution in [0.15, 0.2) is 48.2 Å². The summed E-state index contributed by atoms with van der Waals surface area (Å²) in [5, 5.41) is 11.4. The summed E-state index contributed by atoms with van der Waals surface area (Å²) >= 11 is 6.06. The van der Waals surface area contributed by atoms with E-state index in [1.807, 2.05) is 0 Å². The SMILES string of the molecule is COCCN1C(=O)C(=O)/C(=C(/O)c2cc(Cl)ccc2OC)C1c1ccccn1. The summed E-state index contributed by atoms with van der Waals surface area (Å²) in [6.45, 7) is 0.405. The van der Waals surface area contributed by atoms with Gasteiger partial charge in [-0.3, -0.25) is 14.6 Å². The zero-order valence-electron chi connectivity index (χ0n) is 15.4. The predicted molar refractivity (Wildman–Crippen MR) is 103 cm³/mol. The quantitative estimate of drug-likeness (QED) is 0.454. The highest BCUT2D eigenvalue weighted by Gasteiger charge is 2.46. The van der Waals surface area contributed by atoms with Crippen LogP contribution in [0.4, 0.5) is 0 Å². The molecule has 0 radical (unpaired) electrons. The van der Waals surface area contributed by atoms with Crippen LogP contribution in [0.25, 0.3) is 5.76 Å². The van der Waals surface area contributed by atoms with Crippen LogP contribution in [-0.4, -0.2) is 54.1 Å². The first-order valence-corrected chi connectivity index (χ1v) is 8.89. The molecule has 7 nitrogen and oxygen atoms in total. The molecule has 1 N–H and O–H groups in total. The van der Waals surface area contributed by atoms with Gasteiger partial charge in [-0.2, -0.15) is 0 Å². The largest absolute Gasteiger partial charge is 0.507 e. The molecule has 1 aliphatic heterocycles. The van der Waals surface area contributed by atoms with Gasteiger partial charge in [0.1, 0.15) is 17.6 Å². The average molecular weight is 403 g/mol. The molecule has 1 unspecified atom stereocenters. The maximum absolute atomic E-state index is 12.8. The summed E-state index contributed by atoms with van der Waals surface area (Å²) < 4.78 is 10.3. The summed E-state index contributed by atoms with van der Waals surface area (Å²) in [4.78, 5) is 31.1. The summed E-state index contributed by atoms with van der Waals surface area (Å²) in [5.74, 6) is -1.57. The summed E-state index contributed by atoms with van der Waals surface area (Å²) in [6.07, 6.45) is 1.56. The number of amides is 1. The second kappa shape index (κ2) is 8.41. The Hall–Kier alpha value is -2.90. The van der Waals surface area contributed by atoms with Gasteiger partial charge < -0.3 is 19.5 Å². The fourth-order valence-electron chi connectivity index (χ4n) is 3.16. The van der Waals surface area contributed by atoms with E-state index >= 15 is 0 Å². The maximum Gasteiger partial charge on any atom is 0.295 e. The fourth-order valence-corrected chi connectivity index (χ4v) is 3.33. The zero-order chi connectivity index (χ0) is 20.3. The lowest BCUT2D eigenvalue weighted by atomic mass is 9.98. The highest BCUT2D eigenvalue weighted by atomic mass is 35.5. The molecular formula is C20H19ClN2O5. The molecular weight excluding hydrogens is 384 g/mol. The Morgan fingerprint density at radius 2 is 2.04 bits per heavy atom. The Morgan fingerprint density at radius 3 is 2.68 bits per heavy atom. The third kappa shape index (κ3) is 3.58. The number of benzene rings is 1. The van der Waals surface area contributed by atoms with Gasteiger partial charge in [-0.1, -0.05) is 17.7 Å². The minimum absolute atomic E-state index is 0.0691. The van der Waals surface area contributed by atoms with Gasteiger partial charge >= 0.3 is 0 Å². The number of aromatic nitrogens is 1. The normalized spacial score (nSPS) is 18.5. The minimum atomic E-state index is -0.847. The van der Waals surface area contributed by atoms with E-state index < -0.39 is 17.7 Å². The molecule has 8 heteroatoms. The lowest BCUT2D eigenvalue weighted by Gasteiger charge is -2.24. The number of pyridine rings is 1. The van der Waals surface area contributed by atoms with Crippen LogP contribution in [0, 0.1) is 0 Å². The van der Waals surface area contributed by atoms with Crippen LogP contribution in [0.3, 0.4) is 0 Å². The molecule has 2 heterocycles. The fraction of sp³-hybridized carbons (Fsp3) is 0.250. The van der Waals surface area contributed by atoms with Crippen molar-refractivity contribution in [1.82, 2.24) is 9.88 Å². The van der Waals surface area contributed by atoms with Crippen molar-refractivity contribution in [2.24, 2.45) is 0 Å². The predicted octanol–water partition coefficient (Wildman–Crippen LogP) is 2.81. The van der Waals surface area contributed by atoms with Gasteiger partial charge in [0.25, 0.3) is 11.7 Å². The number of halogens is 1. The van der Waals surface area contributed by atoms with E-state index in [1.165, 1.54) is 25.2 Å². The first kappa shape index (κ1) is 19.9. The monoisotopic (exact) mass is 402 g/mol. The molecule has 1 atom stereocenters. The number of methoxy groups -OCH3 is 2. The number of carbonyl (C=O) groups is 2. The summed E-state index contributed by atoms with van der Waals surface area (Å²) in [5.41, 5.74) is 0.612. The molecule has 2 aromatic rings. The molecule has 1 aromatic carbocycles. The number of Topliss-reactive ketones (excluding diaryl/α,β-unsaturated/α-hetero) is 1. The van der Waals surface area contributed by atoms with Crippen LogP contribution in [0.5, 0.6) is 5.75 Å². The third-order valence-electron chi connectivity index (χ3n) is 4.46. The summed E-state index contributed by atoms with van der Waals surface area (Å²) in [7, 11) is 2.94. The van der Waals surface area contributed by atoms with E-state index in [4.69, 9.17) is 21.1 Å². The van der Waals surface area contributed by atoms with E-state index in [2.05, 4.69) is 4.98 Å². The Balaban J connectivity index is 2.21. The topological polar surface area (TPSA) is 89.0 Å². The Bertz CT molecular complexity index is 929. The van der Waals surface area contributed by atoms with Crippen LogP contribution in [-0.2, 0) is 14.3 Å². The Morgan fingerprint density at radius 1 is 1.25 bits per heavy atom. The molecule has 3 rings (SSSR count). The molecule has 1 aromatic heterocycles. The van der Waals surface area contributed by atoms with Crippen LogP contribution >= 0.6 is 11.6 Å². The first-order chi connectivity index (χ1) is 13.5. The number of aliphatic hydroxyl groups is 1. The van der Waals surface area contributed by atoms with E-state index in [0.29, 0.717) is 16.5 Å². The molecule has 0 saturated carbocycles. The summed E-state index contributed by atoms with van der Waals surface area (Å²) in [6, 6.07) is 8.98. The van der Waals surface area contributed by atoms with Crippen molar-refractivity contribution in [3.8, 4) is 5.75 Å². The number of ketones is 1. The zero-order valence-corrected chi connectivity index (χ0v) is 16.1. The van der Waals surface area contributed by atoms with Crippen molar-refractivity contribution in [2.45, 2.75) is 6.04 Å². The Kier molecular flexibility index (Phi) is 5.96. The highest BCUT2D eigenvalue weighted by molar-refractivity contribution is 6.46. The number of nitrogens with zero attached hydrogens (tertiary/aromatic N) is 2. The van der Waals surface area contributed by atoms with E-state index in [0.717, 1.165) is 0 Å². The van der Waals surface area contributed by atoms with E-state index in [1.54, 1.807) is 36.5 Å². The third-order valence-corrected chi connectivity index (χ3v) is 4.70. The number of ether oxygens (including phenoxy) is 2. The number of rotatable bonds is 6. The number of hydrogen-bond acceptors (Lipinski definition) is 6. The molecule has 0 spiro atoms. The highest BCUT2D eigenvalue weighted by Crippen LogP contribution is 2.40. The van der Waals surface area contributed by atoms with Crippen molar-refractivity contribution < 1.29 is 24.2 Å². The van der Waals surface area contributed by atoms with Gasteiger partial charge in [0.15, 0.2) is 0 Å². The van der Waals surface area contributed by atoms with Gasteiger partial charge in [0, 0.05) is 24.9 Å². The number of aliphatic hydroxyl groups excluding tert-OH is 1. The van der Waals surface area contributed by atoms with Crippen molar-refractivity contribution in [3.63, 3.8) is 0 Å². The van der Waals surface area contributed by atoms with Crippen LogP contribution in [0.2, 0.25) is 5.02 Å². The van der Waals surface area contributed by atoms with E-state index in [9.17, 15) is 14.7 Å². The molecule has 0 bridgehead atoms. The average Bonchev–Trinajstić information content (AvgIpc) is 2.97. The van der Waals surface area contributed by atoms with Gasteiger partial charge in [-0.05, 0) is 30.3 Å². The van der Waals surface area contributed by atoms with Crippen molar-refractivity contribution in [2.75, 3.05) is 27.4 Å². The smallest absolute Gasteiger partial charge is 0.295 e. The molecule has 0 aliphatic carbocycles. The number of hydrogen-bond donors (Lipinski definition) is 1. The molecule has 1 fully saturated rings. The van der Waals surface area contributed by atoms with Crippen LogP contribution < -0.4 is 4.74 Å². The van der Waals surface area contributed by atoms with Gasteiger partial charge in [-0.25, -0.2) is 0 Å². The number of likely N-dealkylation sites (tertiary alicyclic amines) is 1. The molecule has 146 valence electrons. The van der Waals surface area contributed by atoms with Gasteiger partial charge in [-0.15, -0.1) is 0 Å². The standard InChI is InChI=1S/C20H19ClN2O5/c1-27-10-9-23-17(14-5-3-4-8-22-14)16(19(25)20(23)26)18(24)13-11-12(21)6-7-15(13)28-2/h3-8,11,17,24H,9-10H2,1-2H3/b18-16+. The second-order valence-electron chi connectivity index (χ2n) is 6.08. The van der Waals surface area contributed by atoms with Gasteiger partial charge in [0.05, 0.1) is 30.5 Å². The van der Waals surface area contributed by atoms with Crippen molar-refractivity contribution in [3.05, 3.63) is 64.4 Å². The lowest BCUT2D eigenvalue weighted by Crippen LogP contribution is -2.33. The molecule has 1 saturated heterocycles. The molecule has 28 heavy (non-hydrogen) atoms. The molecule has 1 aliphatic rings. The number of carbonyl (C=O) groups excluding carboxylic acids is 2. The van der Waals surface area contributed by atoms with Crippen molar-refractivity contribution in [1.29, 1.82) is 0 Å². The maximum atomic E-state index is 12.8. The molecule has 1 amide bonds. The second-order valence-corrected chi connectivity index (χ2v) is 6.52. The van der Waals surface area contributed by atoms with Crippen LogP contribution in [0.1, 0.15) is 17.3 Å². The van der Waals surface area contributed by atoms with Gasteiger partial charge in [0.2, 0.25) is 0 Å².